The van der Waals surface area contributed by atoms with Gasteiger partial charge in [-0.3, -0.25) is 9.59 Å². The number of amides is 2. The van der Waals surface area contributed by atoms with Crippen molar-refractivity contribution >= 4 is 27.3 Å². The summed E-state index contributed by atoms with van der Waals surface area (Å²) in [6.45, 7) is 3.60. The highest BCUT2D eigenvalue weighted by atomic mass is 32.2. The average Bonchev–Trinajstić information content (AvgIpc) is 2.81. The second kappa shape index (κ2) is 7.12. The maximum Gasteiger partial charge on any atom is 0.226 e. The summed E-state index contributed by atoms with van der Waals surface area (Å²) in [4.78, 5) is 25.2. The van der Waals surface area contributed by atoms with Crippen molar-refractivity contribution in [3.05, 3.63) is 29.8 Å². The first kappa shape index (κ1) is 17.5. The molecule has 1 heterocycles. The molecule has 1 aliphatic rings. The largest absolute Gasteiger partial charge is 0.338 e. The van der Waals surface area contributed by atoms with E-state index in [0.717, 1.165) is 5.56 Å². The molecule has 1 fully saturated rings. The second-order valence-corrected chi connectivity index (χ2v) is 8.16. The van der Waals surface area contributed by atoms with Crippen LogP contribution in [-0.4, -0.2) is 49.2 Å². The van der Waals surface area contributed by atoms with E-state index in [0.29, 0.717) is 12.1 Å². The van der Waals surface area contributed by atoms with Crippen LogP contribution in [-0.2, 0) is 19.4 Å². The molecule has 7 heteroatoms. The van der Waals surface area contributed by atoms with E-state index in [1.54, 1.807) is 0 Å². The van der Waals surface area contributed by atoms with Gasteiger partial charge in [0.05, 0.1) is 11.5 Å². The SMILES string of the molecule is CC(=O)N(CCC(=O)Nc1ccc(C)cc1)C1CCS(=O)(=O)C1. The van der Waals surface area contributed by atoms with Gasteiger partial charge in [0.1, 0.15) is 0 Å². The van der Waals surface area contributed by atoms with Gasteiger partial charge in [-0.1, -0.05) is 17.7 Å². The first-order valence-corrected chi connectivity index (χ1v) is 9.43. The zero-order valence-corrected chi connectivity index (χ0v) is 14.2. The average molecular weight is 338 g/mol. The monoisotopic (exact) mass is 338 g/mol. The molecule has 0 aliphatic carbocycles. The minimum Gasteiger partial charge on any atom is -0.338 e. The molecule has 126 valence electrons. The molecule has 2 rings (SSSR count). The van der Waals surface area contributed by atoms with Crippen LogP contribution in [0.15, 0.2) is 24.3 Å². The van der Waals surface area contributed by atoms with Gasteiger partial charge in [-0.15, -0.1) is 0 Å². The smallest absolute Gasteiger partial charge is 0.226 e. The highest BCUT2D eigenvalue weighted by Crippen LogP contribution is 2.18. The van der Waals surface area contributed by atoms with Gasteiger partial charge in [-0.25, -0.2) is 8.42 Å². The summed E-state index contributed by atoms with van der Waals surface area (Å²) in [5, 5.41) is 2.78. The van der Waals surface area contributed by atoms with Crippen LogP contribution < -0.4 is 5.32 Å². The lowest BCUT2D eigenvalue weighted by atomic mass is 10.2. The number of carbonyl (C=O) groups excluding carboxylic acids is 2. The molecule has 0 spiro atoms. The van der Waals surface area contributed by atoms with Crippen LogP contribution in [0.2, 0.25) is 0 Å². The van der Waals surface area contributed by atoms with Crippen molar-refractivity contribution < 1.29 is 18.0 Å². The Morgan fingerprint density at radius 1 is 1.26 bits per heavy atom. The molecule has 1 saturated heterocycles. The van der Waals surface area contributed by atoms with Gasteiger partial charge >= 0.3 is 0 Å². The molecule has 1 N–H and O–H groups in total. The fourth-order valence-corrected chi connectivity index (χ4v) is 4.43. The summed E-state index contributed by atoms with van der Waals surface area (Å²) in [6, 6.07) is 7.13. The summed E-state index contributed by atoms with van der Waals surface area (Å²) in [6.07, 6.45) is 0.589. The number of nitrogens with one attached hydrogen (secondary N) is 1. The van der Waals surface area contributed by atoms with Gasteiger partial charge in [0, 0.05) is 31.6 Å². The van der Waals surface area contributed by atoms with Crippen LogP contribution in [0, 0.1) is 6.92 Å². The highest BCUT2D eigenvalue weighted by molar-refractivity contribution is 7.91. The summed E-state index contributed by atoms with van der Waals surface area (Å²) in [5.41, 5.74) is 1.81. The van der Waals surface area contributed by atoms with E-state index in [2.05, 4.69) is 5.32 Å². The summed E-state index contributed by atoms with van der Waals surface area (Å²) in [7, 11) is -3.06. The molecule has 1 aromatic carbocycles. The van der Waals surface area contributed by atoms with Crippen LogP contribution in [0.5, 0.6) is 0 Å². The third kappa shape index (κ3) is 5.06. The van der Waals surface area contributed by atoms with Crippen molar-refractivity contribution in [3.63, 3.8) is 0 Å². The lowest BCUT2D eigenvalue weighted by Gasteiger charge is -2.26. The Morgan fingerprint density at radius 3 is 2.43 bits per heavy atom. The van der Waals surface area contributed by atoms with Crippen molar-refractivity contribution in [2.75, 3.05) is 23.4 Å². The topological polar surface area (TPSA) is 83.6 Å². The van der Waals surface area contributed by atoms with Crippen molar-refractivity contribution in [3.8, 4) is 0 Å². The fourth-order valence-electron chi connectivity index (χ4n) is 2.70. The van der Waals surface area contributed by atoms with Gasteiger partial charge in [0.25, 0.3) is 0 Å². The van der Waals surface area contributed by atoms with Crippen molar-refractivity contribution in [1.29, 1.82) is 0 Å². The molecule has 1 unspecified atom stereocenters. The van der Waals surface area contributed by atoms with Gasteiger partial charge in [0.15, 0.2) is 9.84 Å². The Morgan fingerprint density at radius 2 is 1.91 bits per heavy atom. The predicted octanol–water partition coefficient (Wildman–Crippen LogP) is 1.36. The molecule has 2 amide bonds. The summed E-state index contributed by atoms with van der Waals surface area (Å²) < 4.78 is 23.1. The zero-order chi connectivity index (χ0) is 17.0. The molecule has 6 nitrogen and oxygen atoms in total. The Labute approximate surface area is 136 Å². The normalized spacial score (nSPS) is 19.3. The van der Waals surface area contributed by atoms with Gasteiger partial charge < -0.3 is 10.2 Å². The molecule has 1 aliphatic heterocycles. The number of nitrogens with zero attached hydrogens (tertiary/aromatic N) is 1. The van der Waals surface area contributed by atoms with E-state index in [1.807, 2.05) is 31.2 Å². The number of hydrogen-bond donors (Lipinski definition) is 1. The van der Waals surface area contributed by atoms with E-state index >= 15 is 0 Å². The van der Waals surface area contributed by atoms with Crippen LogP contribution in [0.1, 0.15) is 25.3 Å². The van der Waals surface area contributed by atoms with E-state index in [4.69, 9.17) is 0 Å². The van der Waals surface area contributed by atoms with Crippen molar-refractivity contribution in [1.82, 2.24) is 4.90 Å². The first-order valence-electron chi connectivity index (χ1n) is 7.61. The maximum absolute atomic E-state index is 12.0. The maximum atomic E-state index is 12.0. The van der Waals surface area contributed by atoms with E-state index in [9.17, 15) is 18.0 Å². The molecule has 0 radical (unpaired) electrons. The zero-order valence-electron chi connectivity index (χ0n) is 13.4. The molecule has 23 heavy (non-hydrogen) atoms. The van der Waals surface area contributed by atoms with E-state index < -0.39 is 9.84 Å². The Balaban J connectivity index is 1.90. The number of benzene rings is 1. The third-order valence-electron chi connectivity index (χ3n) is 3.97. The van der Waals surface area contributed by atoms with Crippen LogP contribution in [0.25, 0.3) is 0 Å². The summed E-state index contributed by atoms with van der Waals surface area (Å²) >= 11 is 0. The molecule has 0 aromatic heterocycles. The van der Waals surface area contributed by atoms with Crippen molar-refractivity contribution in [2.24, 2.45) is 0 Å². The Kier molecular flexibility index (Phi) is 5.41. The Bertz CT molecular complexity index is 683. The predicted molar refractivity (Wildman–Crippen MR) is 88.9 cm³/mol. The number of carbonyl (C=O) groups is 2. The van der Waals surface area contributed by atoms with Gasteiger partial charge in [0.2, 0.25) is 11.8 Å². The fraction of sp³-hybridized carbons (Fsp3) is 0.500. The molecular weight excluding hydrogens is 316 g/mol. The molecule has 1 atom stereocenters. The number of sulfone groups is 1. The Hall–Kier alpha value is -1.89. The van der Waals surface area contributed by atoms with Crippen LogP contribution in [0.3, 0.4) is 0 Å². The molecule has 0 bridgehead atoms. The lowest BCUT2D eigenvalue weighted by molar-refractivity contribution is -0.131. The molecule has 0 saturated carbocycles. The number of aryl methyl sites for hydroxylation is 1. The van der Waals surface area contributed by atoms with Crippen molar-refractivity contribution in [2.45, 2.75) is 32.7 Å². The van der Waals surface area contributed by atoms with Crippen LogP contribution in [0.4, 0.5) is 5.69 Å². The number of hydrogen-bond acceptors (Lipinski definition) is 4. The lowest BCUT2D eigenvalue weighted by Crippen LogP contribution is -2.41. The van der Waals surface area contributed by atoms with E-state index in [1.165, 1.54) is 11.8 Å². The number of anilines is 1. The minimum atomic E-state index is -3.06. The molecular formula is C16H22N2O4S. The highest BCUT2D eigenvalue weighted by Gasteiger charge is 2.33. The summed E-state index contributed by atoms with van der Waals surface area (Å²) in [5.74, 6) is -0.292. The van der Waals surface area contributed by atoms with Gasteiger partial charge in [-0.05, 0) is 25.5 Å². The van der Waals surface area contributed by atoms with Crippen LogP contribution >= 0.6 is 0 Å². The van der Waals surface area contributed by atoms with Gasteiger partial charge in [-0.2, -0.15) is 0 Å². The first-order chi connectivity index (χ1) is 10.8. The second-order valence-electron chi connectivity index (χ2n) is 5.93. The quantitative estimate of drug-likeness (QED) is 0.879. The third-order valence-corrected chi connectivity index (χ3v) is 5.72. The standard InChI is InChI=1S/C16H22N2O4S/c1-12-3-5-14(6-4-12)17-16(20)7-9-18(13(2)19)15-8-10-23(21,22)11-15/h3-6,15H,7-11H2,1-2H3,(H,17,20). The number of rotatable bonds is 5. The van der Waals surface area contributed by atoms with E-state index in [-0.39, 0.29) is 42.3 Å². The minimum absolute atomic E-state index is 0.00778. The molecule has 1 aromatic rings.